The van der Waals surface area contributed by atoms with E-state index in [1.54, 1.807) is 0 Å². The number of hydrogen-bond acceptors (Lipinski definition) is 5. The fourth-order valence-electron chi connectivity index (χ4n) is 1.45. The Morgan fingerprint density at radius 1 is 1.26 bits per heavy atom. The molecule has 6 heteroatoms. The number of para-hydroxylation sites is 1. The van der Waals surface area contributed by atoms with Crippen LogP contribution < -0.4 is 0 Å². The van der Waals surface area contributed by atoms with E-state index >= 15 is 0 Å². The maximum Gasteiger partial charge on any atom is 0.360 e. The van der Waals surface area contributed by atoms with Gasteiger partial charge in [-0.2, -0.15) is 9.90 Å². The van der Waals surface area contributed by atoms with Crippen LogP contribution in [0.15, 0.2) is 36.5 Å². The average molecular weight is 261 g/mol. The summed E-state index contributed by atoms with van der Waals surface area (Å²) in [4.78, 5) is 13.0. The minimum atomic E-state index is -0.498. The second-order valence-electron chi connectivity index (χ2n) is 3.69. The standard InChI is InChI=1S/C13H15N3O3/c1-2-18-8-9-19-13(17)12-10-14-16(15-12)11-6-4-3-5-7-11/h3-7,10H,2,8-9H2,1H3. The van der Waals surface area contributed by atoms with Crippen LogP contribution in [0.2, 0.25) is 0 Å². The number of carbonyl (C=O) groups excluding carboxylic acids is 1. The zero-order valence-corrected chi connectivity index (χ0v) is 10.7. The van der Waals surface area contributed by atoms with Crippen molar-refractivity contribution >= 4 is 5.97 Å². The summed E-state index contributed by atoms with van der Waals surface area (Å²) in [5.41, 5.74) is 0.969. The Kier molecular flexibility index (Phi) is 4.63. The van der Waals surface area contributed by atoms with Gasteiger partial charge in [0.25, 0.3) is 0 Å². The van der Waals surface area contributed by atoms with E-state index in [4.69, 9.17) is 9.47 Å². The van der Waals surface area contributed by atoms with Gasteiger partial charge in [-0.3, -0.25) is 0 Å². The highest BCUT2D eigenvalue weighted by Gasteiger charge is 2.12. The molecule has 0 aliphatic rings. The molecular weight excluding hydrogens is 246 g/mol. The third-order valence-electron chi connectivity index (χ3n) is 2.35. The number of benzene rings is 1. The fraction of sp³-hybridized carbons (Fsp3) is 0.308. The van der Waals surface area contributed by atoms with Gasteiger partial charge in [0, 0.05) is 6.61 Å². The van der Waals surface area contributed by atoms with Gasteiger partial charge in [-0.05, 0) is 19.1 Å². The molecule has 100 valence electrons. The first-order valence-corrected chi connectivity index (χ1v) is 6.04. The SMILES string of the molecule is CCOCCOC(=O)c1cnn(-c2ccccc2)n1. The van der Waals surface area contributed by atoms with Crippen LogP contribution in [0.1, 0.15) is 17.4 Å². The van der Waals surface area contributed by atoms with Gasteiger partial charge < -0.3 is 9.47 Å². The van der Waals surface area contributed by atoms with Crippen molar-refractivity contribution in [2.24, 2.45) is 0 Å². The number of rotatable bonds is 6. The first-order valence-electron chi connectivity index (χ1n) is 6.04. The van der Waals surface area contributed by atoms with Gasteiger partial charge in [-0.15, -0.1) is 5.10 Å². The van der Waals surface area contributed by atoms with E-state index in [1.807, 2.05) is 37.3 Å². The lowest BCUT2D eigenvalue weighted by molar-refractivity contribution is 0.0329. The van der Waals surface area contributed by atoms with Gasteiger partial charge in [0.1, 0.15) is 6.61 Å². The summed E-state index contributed by atoms with van der Waals surface area (Å²) < 4.78 is 10.1. The summed E-state index contributed by atoms with van der Waals surface area (Å²) in [7, 11) is 0. The maximum atomic E-state index is 11.7. The van der Waals surface area contributed by atoms with Gasteiger partial charge in [0.15, 0.2) is 5.69 Å². The van der Waals surface area contributed by atoms with Crippen LogP contribution in [0.3, 0.4) is 0 Å². The van der Waals surface area contributed by atoms with E-state index in [0.717, 1.165) is 5.69 Å². The van der Waals surface area contributed by atoms with Crippen LogP contribution in [0.4, 0.5) is 0 Å². The number of esters is 1. The molecule has 2 rings (SSSR count). The monoisotopic (exact) mass is 261 g/mol. The Bertz CT molecular complexity index is 525. The van der Waals surface area contributed by atoms with E-state index in [9.17, 15) is 4.79 Å². The molecule has 0 bridgehead atoms. The zero-order valence-electron chi connectivity index (χ0n) is 10.7. The molecule has 1 aromatic carbocycles. The molecule has 0 N–H and O–H groups in total. The van der Waals surface area contributed by atoms with E-state index in [-0.39, 0.29) is 12.3 Å². The predicted octanol–water partition coefficient (Wildman–Crippen LogP) is 1.46. The van der Waals surface area contributed by atoms with Crippen molar-refractivity contribution in [2.45, 2.75) is 6.92 Å². The van der Waals surface area contributed by atoms with E-state index in [2.05, 4.69) is 10.2 Å². The van der Waals surface area contributed by atoms with Gasteiger partial charge in [0.05, 0.1) is 18.5 Å². The Morgan fingerprint density at radius 2 is 2.05 bits per heavy atom. The molecule has 0 fully saturated rings. The Labute approximate surface area is 110 Å². The van der Waals surface area contributed by atoms with Crippen LogP contribution in [0.25, 0.3) is 5.69 Å². The van der Waals surface area contributed by atoms with Crippen LogP contribution >= 0.6 is 0 Å². The average Bonchev–Trinajstić information content (AvgIpc) is 2.94. The molecule has 0 unspecified atom stereocenters. The number of carbonyl (C=O) groups is 1. The quantitative estimate of drug-likeness (QED) is 0.581. The Morgan fingerprint density at radius 3 is 2.79 bits per heavy atom. The lowest BCUT2D eigenvalue weighted by atomic mass is 10.3. The molecule has 0 radical (unpaired) electrons. The van der Waals surface area contributed by atoms with Crippen molar-refractivity contribution in [2.75, 3.05) is 19.8 Å². The molecule has 0 spiro atoms. The molecule has 6 nitrogen and oxygen atoms in total. The Balaban J connectivity index is 1.95. The fourth-order valence-corrected chi connectivity index (χ4v) is 1.45. The third kappa shape index (κ3) is 3.62. The van der Waals surface area contributed by atoms with Crippen LogP contribution in [0, 0.1) is 0 Å². The van der Waals surface area contributed by atoms with E-state index < -0.39 is 5.97 Å². The third-order valence-corrected chi connectivity index (χ3v) is 2.35. The van der Waals surface area contributed by atoms with Crippen molar-refractivity contribution in [3.63, 3.8) is 0 Å². The first-order chi connectivity index (χ1) is 9.31. The molecule has 0 aliphatic heterocycles. The summed E-state index contributed by atoms with van der Waals surface area (Å²) in [5.74, 6) is -0.498. The molecule has 1 heterocycles. The highest BCUT2D eigenvalue weighted by Crippen LogP contribution is 2.04. The molecule has 0 aliphatic carbocycles. The van der Waals surface area contributed by atoms with Crippen LogP contribution in [-0.2, 0) is 9.47 Å². The van der Waals surface area contributed by atoms with E-state index in [1.165, 1.54) is 11.0 Å². The number of hydrogen-bond donors (Lipinski definition) is 0. The summed E-state index contributed by atoms with van der Waals surface area (Å²) >= 11 is 0. The van der Waals surface area contributed by atoms with Crippen molar-refractivity contribution in [3.8, 4) is 5.69 Å². The molecule has 0 atom stereocenters. The van der Waals surface area contributed by atoms with Gasteiger partial charge >= 0.3 is 5.97 Å². The molecule has 1 aromatic heterocycles. The number of ether oxygens (including phenoxy) is 2. The number of nitrogens with zero attached hydrogens (tertiary/aromatic N) is 3. The highest BCUT2D eigenvalue weighted by molar-refractivity contribution is 5.86. The van der Waals surface area contributed by atoms with Crippen LogP contribution in [-0.4, -0.2) is 40.8 Å². The lowest BCUT2D eigenvalue weighted by Crippen LogP contribution is -2.11. The molecular formula is C13H15N3O3. The van der Waals surface area contributed by atoms with Gasteiger partial charge in [-0.1, -0.05) is 18.2 Å². The van der Waals surface area contributed by atoms with Gasteiger partial charge in [-0.25, -0.2) is 4.79 Å². The maximum absolute atomic E-state index is 11.7. The normalized spacial score (nSPS) is 10.4. The molecule has 19 heavy (non-hydrogen) atoms. The zero-order chi connectivity index (χ0) is 13.5. The van der Waals surface area contributed by atoms with Crippen molar-refractivity contribution < 1.29 is 14.3 Å². The summed E-state index contributed by atoms with van der Waals surface area (Å²) in [6.45, 7) is 3.08. The van der Waals surface area contributed by atoms with Crippen molar-refractivity contribution in [1.82, 2.24) is 15.0 Å². The van der Waals surface area contributed by atoms with E-state index in [0.29, 0.717) is 13.2 Å². The summed E-state index contributed by atoms with van der Waals surface area (Å²) in [5, 5.41) is 8.09. The van der Waals surface area contributed by atoms with Crippen molar-refractivity contribution in [3.05, 3.63) is 42.2 Å². The van der Waals surface area contributed by atoms with Gasteiger partial charge in [0.2, 0.25) is 0 Å². The Hall–Kier alpha value is -2.21. The number of aromatic nitrogens is 3. The second-order valence-corrected chi connectivity index (χ2v) is 3.69. The minimum Gasteiger partial charge on any atom is -0.458 e. The predicted molar refractivity (Wildman–Crippen MR) is 68.1 cm³/mol. The lowest BCUT2D eigenvalue weighted by Gasteiger charge is -2.02. The van der Waals surface area contributed by atoms with Crippen LogP contribution in [0.5, 0.6) is 0 Å². The molecule has 2 aromatic rings. The minimum absolute atomic E-state index is 0.181. The van der Waals surface area contributed by atoms with Crippen molar-refractivity contribution in [1.29, 1.82) is 0 Å². The molecule has 0 saturated heterocycles. The molecule has 0 saturated carbocycles. The summed E-state index contributed by atoms with van der Waals surface area (Å²) in [6, 6.07) is 9.35. The molecule has 0 amide bonds. The summed E-state index contributed by atoms with van der Waals surface area (Å²) in [6.07, 6.45) is 1.38. The topological polar surface area (TPSA) is 66.2 Å². The highest BCUT2D eigenvalue weighted by atomic mass is 16.6. The second kappa shape index (κ2) is 6.65. The smallest absolute Gasteiger partial charge is 0.360 e. The first kappa shape index (κ1) is 13.2. The largest absolute Gasteiger partial charge is 0.458 e.